The number of imidazole rings is 1. The summed E-state index contributed by atoms with van der Waals surface area (Å²) in [5, 5.41) is 0. The average Bonchev–Trinajstić information content (AvgIpc) is 3.30. The number of benzene rings is 1. The number of aromatic nitrogens is 4. The maximum Gasteiger partial charge on any atom is 0.332 e. The summed E-state index contributed by atoms with van der Waals surface area (Å²) < 4.78 is 46.5. The molecular formula is C29H43FN4O5SSi. The molecule has 4 rings (SSSR count). The van der Waals surface area contributed by atoms with E-state index in [4.69, 9.17) is 9.72 Å². The van der Waals surface area contributed by atoms with Gasteiger partial charge in [0.05, 0.1) is 4.90 Å². The van der Waals surface area contributed by atoms with Crippen molar-refractivity contribution in [2.45, 2.75) is 115 Å². The summed E-state index contributed by atoms with van der Waals surface area (Å²) in [6.07, 6.45) is 7.14. The standard InChI is InChI=1S/C29H43FN4O5SSi/c1-5-17-33-28(35)25-27(32(29(33)36)18-9-10-22-13-15-24(16-14-22)40(30,37)38)31-26(23-11-7-6-8-12-23)34(25)21-39-19-20-41(2,3)4/h13-16,23H,5-12,17-21H2,1-4H3. The molecule has 0 N–H and O–H groups in total. The van der Waals surface area contributed by atoms with E-state index in [-0.39, 0.29) is 28.8 Å². The minimum atomic E-state index is -4.75. The molecule has 9 nitrogen and oxygen atoms in total. The van der Waals surface area contributed by atoms with Gasteiger partial charge in [-0.25, -0.2) is 9.78 Å². The summed E-state index contributed by atoms with van der Waals surface area (Å²) in [6, 6.07) is 6.67. The van der Waals surface area contributed by atoms with Crippen LogP contribution in [0.3, 0.4) is 0 Å². The van der Waals surface area contributed by atoms with Crippen LogP contribution in [0.2, 0.25) is 25.7 Å². The third-order valence-corrected chi connectivity index (χ3v) is 10.4. The molecule has 1 aliphatic rings. The first-order valence-electron chi connectivity index (χ1n) is 14.8. The first-order chi connectivity index (χ1) is 19.4. The number of nitrogens with zero attached hydrogens (tertiary/aromatic N) is 4. The minimum absolute atomic E-state index is 0.213. The van der Waals surface area contributed by atoms with Gasteiger partial charge in [0.2, 0.25) is 0 Å². The SMILES string of the molecule is CCCn1c(=O)c2c(nc(C3CCCCC3)n2COCC[Si](C)(C)C)n(CCCc2ccc(S(=O)(=O)F)cc2)c1=O. The summed E-state index contributed by atoms with van der Waals surface area (Å²) in [4.78, 5) is 32.0. The van der Waals surface area contributed by atoms with Gasteiger partial charge >= 0.3 is 15.9 Å². The van der Waals surface area contributed by atoms with Crippen LogP contribution in [0.1, 0.15) is 69.2 Å². The molecule has 226 valence electrons. The van der Waals surface area contributed by atoms with Crippen molar-refractivity contribution in [1.82, 2.24) is 18.7 Å². The Morgan fingerprint density at radius 3 is 2.29 bits per heavy atom. The molecule has 0 unspecified atom stereocenters. The van der Waals surface area contributed by atoms with E-state index in [1.54, 1.807) is 16.7 Å². The fourth-order valence-corrected chi connectivity index (χ4v) is 6.74. The molecule has 3 aromatic rings. The smallest absolute Gasteiger partial charge is 0.332 e. The van der Waals surface area contributed by atoms with Crippen LogP contribution >= 0.6 is 0 Å². The molecule has 0 saturated heterocycles. The zero-order valence-corrected chi connectivity index (χ0v) is 26.5. The van der Waals surface area contributed by atoms with Crippen LogP contribution in [-0.2, 0) is 41.2 Å². The number of rotatable bonds is 13. The molecule has 41 heavy (non-hydrogen) atoms. The quantitative estimate of drug-likeness (QED) is 0.146. The highest BCUT2D eigenvalue weighted by atomic mass is 32.3. The van der Waals surface area contributed by atoms with Gasteiger partial charge in [0.1, 0.15) is 12.6 Å². The van der Waals surface area contributed by atoms with E-state index in [0.29, 0.717) is 50.1 Å². The highest BCUT2D eigenvalue weighted by Crippen LogP contribution is 2.33. The van der Waals surface area contributed by atoms with Crippen LogP contribution < -0.4 is 11.2 Å². The second-order valence-electron chi connectivity index (χ2n) is 12.3. The Morgan fingerprint density at radius 1 is 1.00 bits per heavy atom. The van der Waals surface area contributed by atoms with Gasteiger partial charge in [-0.15, -0.1) is 3.89 Å². The highest BCUT2D eigenvalue weighted by Gasteiger charge is 2.27. The number of halogens is 1. The Balaban J connectivity index is 1.71. The predicted molar refractivity (Wildman–Crippen MR) is 162 cm³/mol. The van der Waals surface area contributed by atoms with E-state index < -0.39 is 18.3 Å². The monoisotopic (exact) mass is 606 g/mol. The number of aryl methyl sites for hydroxylation is 2. The van der Waals surface area contributed by atoms with Crippen molar-refractivity contribution in [3.8, 4) is 0 Å². The molecule has 0 spiro atoms. The van der Waals surface area contributed by atoms with E-state index in [1.807, 2.05) is 11.5 Å². The zero-order chi connectivity index (χ0) is 29.8. The van der Waals surface area contributed by atoms with Crippen molar-refractivity contribution in [2.75, 3.05) is 6.61 Å². The largest absolute Gasteiger partial charge is 0.361 e. The highest BCUT2D eigenvalue weighted by molar-refractivity contribution is 7.86. The molecular weight excluding hydrogens is 563 g/mol. The van der Waals surface area contributed by atoms with Crippen LogP contribution in [-0.4, -0.2) is 41.8 Å². The van der Waals surface area contributed by atoms with Crippen molar-refractivity contribution in [3.05, 3.63) is 56.5 Å². The molecule has 0 radical (unpaired) electrons. The second-order valence-corrected chi connectivity index (χ2v) is 19.3. The van der Waals surface area contributed by atoms with Crippen LogP contribution in [0.25, 0.3) is 11.2 Å². The van der Waals surface area contributed by atoms with Gasteiger partial charge < -0.3 is 4.74 Å². The normalized spacial score (nSPS) is 15.1. The Kier molecular flexibility index (Phi) is 10.1. The number of fused-ring (bicyclic) bond motifs is 1. The number of hydrogen-bond donors (Lipinski definition) is 0. The van der Waals surface area contributed by atoms with Crippen LogP contribution in [0, 0.1) is 0 Å². The van der Waals surface area contributed by atoms with Gasteiger partial charge in [0, 0.05) is 33.7 Å². The number of ether oxygens (including phenoxy) is 1. The molecule has 0 amide bonds. The summed E-state index contributed by atoms with van der Waals surface area (Å²) in [7, 11) is -6.04. The third-order valence-electron chi connectivity index (χ3n) is 7.83. The lowest BCUT2D eigenvalue weighted by atomic mass is 9.89. The Labute approximate surface area is 242 Å². The maximum atomic E-state index is 13.8. The first kappa shape index (κ1) is 31.4. The van der Waals surface area contributed by atoms with Gasteiger partial charge in [-0.3, -0.25) is 18.5 Å². The lowest BCUT2D eigenvalue weighted by Gasteiger charge is -2.22. The van der Waals surface area contributed by atoms with Gasteiger partial charge in [0.25, 0.3) is 5.56 Å². The molecule has 1 saturated carbocycles. The van der Waals surface area contributed by atoms with E-state index in [1.165, 1.54) is 23.1 Å². The lowest BCUT2D eigenvalue weighted by Crippen LogP contribution is -2.40. The van der Waals surface area contributed by atoms with Crippen molar-refractivity contribution < 1.29 is 17.0 Å². The summed E-state index contributed by atoms with van der Waals surface area (Å²) >= 11 is 0. The fourth-order valence-electron chi connectivity index (χ4n) is 5.53. The molecule has 1 aliphatic carbocycles. The van der Waals surface area contributed by atoms with E-state index in [2.05, 4.69) is 19.6 Å². The predicted octanol–water partition coefficient (Wildman–Crippen LogP) is 5.42. The number of hydrogen-bond acceptors (Lipinski definition) is 6. The maximum absolute atomic E-state index is 13.8. The van der Waals surface area contributed by atoms with E-state index in [9.17, 15) is 21.9 Å². The lowest BCUT2D eigenvalue weighted by molar-refractivity contribution is 0.0863. The summed E-state index contributed by atoms with van der Waals surface area (Å²) in [5.74, 6) is 1.04. The Hall–Kier alpha value is -2.57. The molecule has 12 heteroatoms. The topological polar surface area (TPSA) is 105 Å². The zero-order valence-electron chi connectivity index (χ0n) is 24.7. The van der Waals surface area contributed by atoms with Crippen LogP contribution in [0.5, 0.6) is 0 Å². The molecule has 1 aromatic carbocycles. The Bertz CT molecular complexity index is 1570. The molecule has 0 bridgehead atoms. The molecule has 2 heterocycles. The average molecular weight is 607 g/mol. The second kappa shape index (κ2) is 13.2. The molecule has 2 aromatic heterocycles. The van der Waals surface area contributed by atoms with Crippen molar-refractivity contribution >= 4 is 29.5 Å². The van der Waals surface area contributed by atoms with Crippen molar-refractivity contribution in [3.63, 3.8) is 0 Å². The van der Waals surface area contributed by atoms with Crippen molar-refractivity contribution in [2.24, 2.45) is 0 Å². The van der Waals surface area contributed by atoms with Gasteiger partial charge in [0.15, 0.2) is 11.2 Å². The first-order valence-corrected chi connectivity index (χ1v) is 19.8. The van der Waals surface area contributed by atoms with E-state index in [0.717, 1.165) is 43.1 Å². The summed E-state index contributed by atoms with van der Waals surface area (Å²) in [5.41, 5.74) is 0.953. The van der Waals surface area contributed by atoms with Gasteiger partial charge in [-0.1, -0.05) is 58.0 Å². The van der Waals surface area contributed by atoms with Gasteiger partial charge in [-0.2, -0.15) is 8.42 Å². The van der Waals surface area contributed by atoms with Crippen molar-refractivity contribution in [1.29, 1.82) is 0 Å². The molecule has 0 aliphatic heterocycles. The molecule has 0 atom stereocenters. The Morgan fingerprint density at radius 2 is 1.68 bits per heavy atom. The van der Waals surface area contributed by atoms with E-state index >= 15 is 0 Å². The minimum Gasteiger partial charge on any atom is -0.361 e. The fraction of sp³-hybridized carbons (Fsp3) is 0.621. The molecule has 1 fully saturated rings. The van der Waals surface area contributed by atoms with Crippen LogP contribution in [0.4, 0.5) is 3.89 Å². The van der Waals surface area contributed by atoms with Crippen LogP contribution in [0.15, 0.2) is 38.8 Å². The third kappa shape index (κ3) is 7.64. The van der Waals surface area contributed by atoms with Gasteiger partial charge in [-0.05, 0) is 55.8 Å². The summed E-state index contributed by atoms with van der Waals surface area (Å²) in [6.45, 7) is 10.3.